The fourth-order valence-electron chi connectivity index (χ4n) is 3.42. The number of hydrogen-bond donors (Lipinski definition) is 0. The van der Waals surface area contributed by atoms with Crippen LogP contribution in [0.5, 0.6) is 0 Å². The molecule has 2 aromatic heterocycles. The molecular weight excluding hydrogens is 393 g/mol. The monoisotopic (exact) mass is 417 g/mol. The van der Waals surface area contributed by atoms with Gasteiger partial charge in [0.2, 0.25) is 16.0 Å². The summed E-state index contributed by atoms with van der Waals surface area (Å²) in [4.78, 5) is 6.20. The van der Waals surface area contributed by atoms with Crippen molar-refractivity contribution in [3.05, 3.63) is 54.1 Å². The van der Waals surface area contributed by atoms with Gasteiger partial charge in [0.1, 0.15) is 5.82 Å². The fraction of sp³-hybridized carbons (Fsp3) is 0.400. The number of sulfonamides is 1. The van der Waals surface area contributed by atoms with E-state index in [9.17, 15) is 12.8 Å². The van der Waals surface area contributed by atoms with E-state index >= 15 is 0 Å². The molecule has 1 aliphatic heterocycles. The minimum Gasteiger partial charge on any atom is -0.354 e. The second-order valence-corrected chi connectivity index (χ2v) is 10.1. The predicted molar refractivity (Wildman–Crippen MR) is 109 cm³/mol. The van der Waals surface area contributed by atoms with E-state index in [4.69, 9.17) is 0 Å². The molecule has 7 nitrogen and oxygen atoms in total. The molecule has 0 bridgehead atoms. The first-order valence-corrected chi connectivity index (χ1v) is 11.0. The number of halogens is 1. The summed E-state index contributed by atoms with van der Waals surface area (Å²) in [5, 5.41) is 4.63. The van der Waals surface area contributed by atoms with Crippen LogP contribution in [0.1, 0.15) is 26.5 Å². The first kappa shape index (κ1) is 19.8. The van der Waals surface area contributed by atoms with Gasteiger partial charge in [-0.05, 0) is 12.1 Å². The molecule has 1 aromatic carbocycles. The molecule has 3 aromatic rings. The van der Waals surface area contributed by atoms with Crippen LogP contribution in [0.2, 0.25) is 0 Å². The van der Waals surface area contributed by atoms with Crippen molar-refractivity contribution in [3.63, 3.8) is 0 Å². The Kier molecular flexibility index (Phi) is 4.82. The molecule has 4 rings (SSSR count). The van der Waals surface area contributed by atoms with Gasteiger partial charge < -0.3 is 4.90 Å². The van der Waals surface area contributed by atoms with Crippen molar-refractivity contribution in [1.29, 1.82) is 0 Å². The van der Waals surface area contributed by atoms with Gasteiger partial charge in [0.25, 0.3) is 0 Å². The topological polar surface area (TPSA) is 70.8 Å². The first-order chi connectivity index (χ1) is 13.7. The Labute approximate surface area is 169 Å². The molecule has 0 atom stereocenters. The van der Waals surface area contributed by atoms with E-state index in [0.29, 0.717) is 37.6 Å². The van der Waals surface area contributed by atoms with Gasteiger partial charge >= 0.3 is 0 Å². The molecule has 0 saturated carbocycles. The number of anilines is 1. The van der Waals surface area contributed by atoms with Gasteiger partial charge in [0.15, 0.2) is 5.65 Å². The van der Waals surface area contributed by atoms with E-state index in [1.807, 2.05) is 25.7 Å². The molecule has 0 N–H and O–H groups in total. The first-order valence-electron chi connectivity index (χ1n) is 9.53. The van der Waals surface area contributed by atoms with Gasteiger partial charge in [0.05, 0.1) is 10.6 Å². The van der Waals surface area contributed by atoms with Crippen LogP contribution in [0.4, 0.5) is 10.2 Å². The lowest BCUT2D eigenvalue weighted by Gasteiger charge is -2.35. The Morgan fingerprint density at radius 1 is 1.00 bits per heavy atom. The van der Waals surface area contributed by atoms with E-state index < -0.39 is 16.0 Å². The largest absolute Gasteiger partial charge is 0.354 e. The number of aromatic nitrogens is 3. The van der Waals surface area contributed by atoms with Crippen molar-refractivity contribution in [2.75, 3.05) is 31.1 Å². The standard InChI is InChI=1S/C20H24FN5O2S/c1-20(2,3)16-13-18-22-17(21)14-19(26(18)23-16)24-9-11-25(12-10-24)29(27,28)15-7-5-4-6-8-15/h4-8,13-14H,9-12H2,1-3H3. The summed E-state index contributed by atoms with van der Waals surface area (Å²) in [6.45, 7) is 7.63. The maximum absolute atomic E-state index is 14.2. The maximum atomic E-state index is 14.2. The Bertz CT molecular complexity index is 1130. The van der Waals surface area contributed by atoms with Gasteiger partial charge in [0, 0.05) is 43.7 Å². The number of nitrogens with zero attached hydrogens (tertiary/aromatic N) is 5. The van der Waals surface area contributed by atoms with Crippen LogP contribution in [0.15, 0.2) is 47.4 Å². The summed E-state index contributed by atoms with van der Waals surface area (Å²) in [7, 11) is -3.54. The average Bonchev–Trinajstić information content (AvgIpc) is 3.12. The van der Waals surface area contributed by atoms with E-state index in [0.717, 1.165) is 5.69 Å². The second-order valence-electron chi connectivity index (χ2n) is 8.19. The lowest BCUT2D eigenvalue weighted by molar-refractivity contribution is 0.382. The van der Waals surface area contributed by atoms with Crippen molar-refractivity contribution in [2.45, 2.75) is 31.1 Å². The third kappa shape index (κ3) is 3.72. The van der Waals surface area contributed by atoms with E-state index in [-0.39, 0.29) is 10.3 Å². The van der Waals surface area contributed by atoms with Crippen molar-refractivity contribution < 1.29 is 12.8 Å². The van der Waals surface area contributed by atoms with Crippen LogP contribution in [-0.4, -0.2) is 53.5 Å². The van der Waals surface area contributed by atoms with Crippen LogP contribution >= 0.6 is 0 Å². The highest BCUT2D eigenvalue weighted by atomic mass is 32.2. The molecule has 154 valence electrons. The molecule has 0 amide bonds. The molecule has 0 unspecified atom stereocenters. The summed E-state index contributed by atoms with van der Waals surface area (Å²) >= 11 is 0. The van der Waals surface area contributed by atoms with E-state index in [2.05, 4.69) is 10.1 Å². The van der Waals surface area contributed by atoms with Crippen molar-refractivity contribution >= 4 is 21.5 Å². The fourth-order valence-corrected chi connectivity index (χ4v) is 4.86. The molecule has 29 heavy (non-hydrogen) atoms. The molecule has 0 spiro atoms. The minimum atomic E-state index is -3.54. The maximum Gasteiger partial charge on any atom is 0.243 e. The van der Waals surface area contributed by atoms with Gasteiger partial charge in [-0.15, -0.1) is 0 Å². The van der Waals surface area contributed by atoms with Crippen LogP contribution in [-0.2, 0) is 15.4 Å². The van der Waals surface area contributed by atoms with Gasteiger partial charge in [-0.3, -0.25) is 0 Å². The van der Waals surface area contributed by atoms with E-state index in [1.165, 1.54) is 10.4 Å². The Balaban J connectivity index is 1.60. The summed E-state index contributed by atoms with van der Waals surface area (Å²) in [5.74, 6) is 0.00644. The molecule has 1 aliphatic rings. The normalized spacial score (nSPS) is 16.5. The molecular formula is C20H24FN5O2S. The highest BCUT2D eigenvalue weighted by Gasteiger charge is 2.30. The molecule has 1 fully saturated rings. The van der Waals surface area contributed by atoms with E-state index in [1.54, 1.807) is 40.9 Å². The highest BCUT2D eigenvalue weighted by Crippen LogP contribution is 2.26. The van der Waals surface area contributed by atoms with Crippen LogP contribution in [0, 0.1) is 5.95 Å². The Morgan fingerprint density at radius 3 is 2.28 bits per heavy atom. The van der Waals surface area contributed by atoms with Crippen LogP contribution in [0.25, 0.3) is 5.65 Å². The predicted octanol–water partition coefficient (Wildman–Crippen LogP) is 2.68. The Hall–Kier alpha value is -2.52. The van der Waals surface area contributed by atoms with Crippen molar-refractivity contribution in [1.82, 2.24) is 18.9 Å². The molecule has 3 heterocycles. The van der Waals surface area contributed by atoms with Gasteiger partial charge in [-0.1, -0.05) is 39.0 Å². The third-order valence-corrected chi connectivity index (χ3v) is 7.00. The lowest BCUT2D eigenvalue weighted by atomic mass is 9.93. The minimum absolute atomic E-state index is 0.191. The third-order valence-electron chi connectivity index (χ3n) is 5.09. The lowest BCUT2D eigenvalue weighted by Crippen LogP contribution is -2.49. The number of benzene rings is 1. The zero-order valence-electron chi connectivity index (χ0n) is 16.7. The molecule has 0 aliphatic carbocycles. The second kappa shape index (κ2) is 7.07. The van der Waals surface area contributed by atoms with Crippen LogP contribution < -0.4 is 4.90 Å². The Morgan fingerprint density at radius 2 is 1.66 bits per heavy atom. The SMILES string of the molecule is CC(C)(C)c1cc2nc(F)cc(N3CCN(S(=O)(=O)c4ccccc4)CC3)n2n1. The zero-order chi connectivity index (χ0) is 20.8. The van der Waals surface area contributed by atoms with Gasteiger partial charge in [-0.2, -0.15) is 23.3 Å². The summed E-state index contributed by atoms with van der Waals surface area (Å²) in [6.07, 6.45) is 0. The van der Waals surface area contributed by atoms with Crippen molar-refractivity contribution in [3.8, 4) is 0 Å². The summed E-state index contributed by atoms with van der Waals surface area (Å²) in [5.41, 5.74) is 1.08. The van der Waals surface area contributed by atoms with Crippen LogP contribution in [0.3, 0.4) is 0 Å². The summed E-state index contributed by atoms with van der Waals surface area (Å²) in [6, 6.07) is 11.6. The average molecular weight is 418 g/mol. The van der Waals surface area contributed by atoms with Crippen molar-refractivity contribution in [2.24, 2.45) is 0 Å². The highest BCUT2D eigenvalue weighted by molar-refractivity contribution is 7.89. The molecule has 1 saturated heterocycles. The summed E-state index contributed by atoms with van der Waals surface area (Å²) < 4.78 is 42.9. The quantitative estimate of drug-likeness (QED) is 0.613. The number of hydrogen-bond acceptors (Lipinski definition) is 5. The number of fused-ring (bicyclic) bond motifs is 1. The number of piperazine rings is 1. The zero-order valence-corrected chi connectivity index (χ0v) is 17.5. The molecule has 0 radical (unpaired) electrons. The van der Waals surface area contributed by atoms with Gasteiger partial charge in [-0.25, -0.2) is 8.42 Å². The smallest absolute Gasteiger partial charge is 0.243 e. The molecule has 9 heteroatoms. The number of rotatable bonds is 3.